The number of rotatable bonds is 7. The lowest BCUT2D eigenvalue weighted by atomic mass is 10.0. The molecule has 1 aromatic heterocycles. The standard InChI is InChI=1S/C15H21N3O/c1-3-11-19-13-8-6-5-7-12(13)14(16-4-2)15-17-9-10-18-15/h5-10,14,16H,3-4,11H2,1-2H3,(H,17,18). The van der Waals surface area contributed by atoms with Crippen LogP contribution in [0.4, 0.5) is 0 Å². The zero-order valence-electron chi connectivity index (χ0n) is 11.5. The third-order valence-corrected chi connectivity index (χ3v) is 2.89. The number of hydrogen-bond acceptors (Lipinski definition) is 3. The SMILES string of the molecule is CCCOc1ccccc1C(NCC)c1ncc[nH]1. The van der Waals surface area contributed by atoms with Crippen LogP contribution in [0.3, 0.4) is 0 Å². The minimum Gasteiger partial charge on any atom is -0.493 e. The van der Waals surface area contributed by atoms with Gasteiger partial charge < -0.3 is 15.0 Å². The quantitative estimate of drug-likeness (QED) is 0.804. The lowest BCUT2D eigenvalue weighted by molar-refractivity contribution is 0.311. The van der Waals surface area contributed by atoms with Crippen LogP contribution in [0.25, 0.3) is 0 Å². The van der Waals surface area contributed by atoms with Gasteiger partial charge in [0.15, 0.2) is 0 Å². The summed E-state index contributed by atoms with van der Waals surface area (Å²) in [7, 11) is 0. The first-order chi connectivity index (χ1) is 9.36. The van der Waals surface area contributed by atoms with Crippen LogP contribution in [0.1, 0.15) is 37.7 Å². The fourth-order valence-corrected chi connectivity index (χ4v) is 2.06. The first-order valence-corrected chi connectivity index (χ1v) is 6.81. The number of H-pyrrole nitrogens is 1. The number of para-hydroxylation sites is 1. The summed E-state index contributed by atoms with van der Waals surface area (Å²) < 4.78 is 5.83. The van der Waals surface area contributed by atoms with Gasteiger partial charge in [-0.15, -0.1) is 0 Å². The van der Waals surface area contributed by atoms with Gasteiger partial charge >= 0.3 is 0 Å². The largest absolute Gasteiger partial charge is 0.493 e. The van der Waals surface area contributed by atoms with Crippen LogP contribution in [0.15, 0.2) is 36.7 Å². The molecule has 2 aromatic rings. The third kappa shape index (κ3) is 3.35. The Balaban J connectivity index is 2.30. The molecule has 0 bridgehead atoms. The van der Waals surface area contributed by atoms with Crippen LogP contribution < -0.4 is 10.1 Å². The van der Waals surface area contributed by atoms with Crippen molar-refractivity contribution in [1.82, 2.24) is 15.3 Å². The molecule has 0 radical (unpaired) electrons. The van der Waals surface area contributed by atoms with Crippen molar-refractivity contribution in [3.63, 3.8) is 0 Å². The van der Waals surface area contributed by atoms with Crippen molar-refractivity contribution in [2.75, 3.05) is 13.2 Å². The van der Waals surface area contributed by atoms with E-state index < -0.39 is 0 Å². The Hall–Kier alpha value is -1.81. The Morgan fingerprint density at radius 3 is 2.84 bits per heavy atom. The lowest BCUT2D eigenvalue weighted by Gasteiger charge is -2.19. The number of aromatic nitrogens is 2. The van der Waals surface area contributed by atoms with E-state index in [4.69, 9.17) is 4.74 Å². The molecule has 2 N–H and O–H groups in total. The Morgan fingerprint density at radius 1 is 1.32 bits per heavy atom. The van der Waals surface area contributed by atoms with Gasteiger partial charge in [0.2, 0.25) is 0 Å². The molecule has 19 heavy (non-hydrogen) atoms. The molecule has 0 spiro atoms. The minimum absolute atomic E-state index is 0.0352. The Kier molecular flexibility index (Phi) is 4.98. The highest BCUT2D eigenvalue weighted by Gasteiger charge is 2.19. The summed E-state index contributed by atoms with van der Waals surface area (Å²) >= 11 is 0. The van der Waals surface area contributed by atoms with E-state index in [0.717, 1.165) is 36.7 Å². The second-order valence-electron chi connectivity index (χ2n) is 4.35. The molecule has 1 unspecified atom stereocenters. The highest BCUT2D eigenvalue weighted by atomic mass is 16.5. The van der Waals surface area contributed by atoms with Gasteiger partial charge in [-0.1, -0.05) is 32.0 Å². The molecular formula is C15H21N3O. The lowest BCUT2D eigenvalue weighted by Crippen LogP contribution is -2.23. The van der Waals surface area contributed by atoms with Crippen molar-refractivity contribution in [2.24, 2.45) is 0 Å². The van der Waals surface area contributed by atoms with Crippen LogP contribution in [-0.2, 0) is 0 Å². The highest BCUT2D eigenvalue weighted by Crippen LogP contribution is 2.28. The van der Waals surface area contributed by atoms with Crippen LogP contribution in [0.5, 0.6) is 5.75 Å². The molecule has 0 saturated carbocycles. The van der Waals surface area contributed by atoms with E-state index >= 15 is 0 Å². The maximum atomic E-state index is 5.83. The Labute approximate surface area is 114 Å². The number of ether oxygens (including phenoxy) is 1. The Morgan fingerprint density at radius 2 is 2.16 bits per heavy atom. The summed E-state index contributed by atoms with van der Waals surface area (Å²) in [5.41, 5.74) is 1.12. The van der Waals surface area contributed by atoms with Crippen LogP contribution >= 0.6 is 0 Å². The van der Waals surface area contributed by atoms with Crippen LogP contribution in [-0.4, -0.2) is 23.1 Å². The zero-order valence-corrected chi connectivity index (χ0v) is 11.5. The summed E-state index contributed by atoms with van der Waals surface area (Å²) in [6.45, 7) is 5.80. The number of aromatic amines is 1. The average Bonchev–Trinajstić information content (AvgIpc) is 2.97. The van der Waals surface area contributed by atoms with E-state index in [9.17, 15) is 0 Å². The molecule has 102 valence electrons. The maximum Gasteiger partial charge on any atom is 0.127 e. The van der Waals surface area contributed by atoms with Crippen molar-refractivity contribution in [3.8, 4) is 5.75 Å². The van der Waals surface area contributed by atoms with Gasteiger partial charge in [0, 0.05) is 18.0 Å². The topological polar surface area (TPSA) is 49.9 Å². The van der Waals surface area contributed by atoms with Crippen LogP contribution in [0.2, 0.25) is 0 Å². The average molecular weight is 259 g/mol. The molecule has 1 heterocycles. The van der Waals surface area contributed by atoms with Gasteiger partial charge in [-0.2, -0.15) is 0 Å². The van der Waals surface area contributed by atoms with Gasteiger partial charge in [-0.05, 0) is 19.0 Å². The number of benzene rings is 1. The first-order valence-electron chi connectivity index (χ1n) is 6.81. The van der Waals surface area contributed by atoms with Crippen molar-refractivity contribution in [3.05, 3.63) is 48.0 Å². The number of nitrogens with zero attached hydrogens (tertiary/aromatic N) is 1. The second-order valence-corrected chi connectivity index (χ2v) is 4.35. The van der Waals surface area contributed by atoms with Crippen molar-refractivity contribution in [1.29, 1.82) is 0 Å². The Bertz CT molecular complexity index is 482. The van der Waals surface area contributed by atoms with Crippen LogP contribution in [0, 0.1) is 0 Å². The van der Waals surface area contributed by atoms with Gasteiger partial charge in [0.25, 0.3) is 0 Å². The molecule has 0 aliphatic rings. The maximum absolute atomic E-state index is 5.83. The summed E-state index contributed by atoms with van der Waals surface area (Å²) in [5, 5.41) is 3.44. The van der Waals surface area contributed by atoms with E-state index in [0.29, 0.717) is 0 Å². The fraction of sp³-hybridized carbons (Fsp3) is 0.400. The highest BCUT2D eigenvalue weighted by molar-refractivity contribution is 5.38. The van der Waals surface area contributed by atoms with E-state index in [-0.39, 0.29) is 6.04 Å². The number of nitrogens with one attached hydrogen (secondary N) is 2. The summed E-state index contributed by atoms with van der Waals surface area (Å²) in [6, 6.07) is 8.16. The summed E-state index contributed by atoms with van der Waals surface area (Å²) in [4.78, 5) is 7.53. The van der Waals surface area contributed by atoms with E-state index in [1.54, 1.807) is 6.20 Å². The molecule has 0 fully saturated rings. The molecule has 0 aliphatic heterocycles. The zero-order chi connectivity index (χ0) is 13.5. The van der Waals surface area contributed by atoms with Crippen molar-refractivity contribution in [2.45, 2.75) is 26.3 Å². The summed E-state index contributed by atoms with van der Waals surface area (Å²) in [5.74, 6) is 1.83. The molecule has 0 saturated heterocycles. The van der Waals surface area contributed by atoms with Crippen molar-refractivity contribution >= 4 is 0 Å². The molecule has 2 rings (SSSR count). The molecule has 4 heteroatoms. The van der Waals surface area contributed by atoms with E-state index in [2.05, 4.69) is 35.2 Å². The summed E-state index contributed by atoms with van der Waals surface area (Å²) in [6.07, 6.45) is 4.62. The molecule has 1 aromatic carbocycles. The van der Waals surface area contributed by atoms with E-state index in [1.807, 2.05) is 24.4 Å². The molecule has 0 aliphatic carbocycles. The number of imidazole rings is 1. The predicted molar refractivity (Wildman–Crippen MR) is 76.3 cm³/mol. The molecule has 4 nitrogen and oxygen atoms in total. The minimum atomic E-state index is 0.0352. The molecule has 1 atom stereocenters. The van der Waals surface area contributed by atoms with Gasteiger partial charge in [-0.3, -0.25) is 0 Å². The molecular weight excluding hydrogens is 238 g/mol. The van der Waals surface area contributed by atoms with Gasteiger partial charge in [0.1, 0.15) is 11.6 Å². The monoisotopic (exact) mass is 259 g/mol. The third-order valence-electron chi connectivity index (χ3n) is 2.89. The fourth-order valence-electron chi connectivity index (χ4n) is 2.06. The van der Waals surface area contributed by atoms with Gasteiger partial charge in [0.05, 0.1) is 12.6 Å². The normalized spacial score (nSPS) is 12.3. The van der Waals surface area contributed by atoms with Gasteiger partial charge in [-0.25, -0.2) is 4.98 Å². The van der Waals surface area contributed by atoms with E-state index in [1.165, 1.54) is 0 Å². The smallest absolute Gasteiger partial charge is 0.127 e. The first kappa shape index (κ1) is 13.6. The number of hydrogen-bond donors (Lipinski definition) is 2. The molecule has 0 amide bonds. The van der Waals surface area contributed by atoms with Crippen molar-refractivity contribution < 1.29 is 4.74 Å². The predicted octanol–water partition coefficient (Wildman–Crippen LogP) is 2.90. The second kappa shape index (κ2) is 6.95.